The van der Waals surface area contributed by atoms with Gasteiger partial charge in [0.1, 0.15) is 0 Å². The first-order valence-corrected chi connectivity index (χ1v) is 8.72. The van der Waals surface area contributed by atoms with Crippen molar-refractivity contribution >= 4 is 11.8 Å². The molecule has 20 heavy (non-hydrogen) atoms. The Morgan fingerprint density at radius 3 is 2.80 bits per heavy atom. The Balaban J connectivity index is 1.52. The summed E-state index contributed by atoms with van der Waals surface area (Å²) in [5.74, 6) is 1.76. The molecule has 2 atom stereocenters. The largest absolute Gasteiger partial charge is 0.394 e. The molecule has 2 aliphatic rings. The van der Waals surface area contributed by atoms with Crippen molar-refractivity contribution in [1.82, 2.24) is 10.3 Å². The summed E-state index contributed by atoms with van der Waals surface area (Å²) in [4.78, 5) is 5.34. The molecule has 2 fully saturated rings. The Morgan fingerprint density at radius 2 is 2.10 bits per heavy atom. The minimum absolute atomic E-state index is 0.0139. The number of rotatable bonds is 7. The number of pyridine rings is 1. The molecule has 2 N–H and O–H groups in total. The number of nitrogens with one attached hydrogen (secondary N) is 1. The van der Waals surface area contributed by atoms with E-state index in [1.807, 2.05) is 24.2 Å². The third-order valence-corrected chi connectivity index (χ3v) is 5.74. The number of aliphatic hydroxyl groups excluding tert-OH is 1. The molecule has 2 aliphatic carbocycles. The van der Waals surface area contributed by atoms with E-state index in [1.54, 1.807) is 0 Å². The van der Waals surface area contributed by atoms with E-state index in [9.17, 15) is 5.11 Å². The van der Waals surface area contributed by atoms with Crippen molar-refractivity contribution in [1.29, 1.82) is 0 Å². The first-order chi connectivity index (χ1) is 9.82. The molecule has 1 heterocycles. The smallest absolute Gasteiger partial charge is 0.0616 e. The predicted molar refractivity (Wildman–Crippen MR) is 82.9 cm³/mol. The quantitative estimate of drug-likeness (QED) is 0.759. The SMILES string of the molecule is OCC1(NC2CC2)CCCC1CCSc1ccncc1. The first kappa shape index (κ1) is 14.4. The third-order valence-electron chi connectivity index (χ3n) is 4.69. The Labute approximate surface area is 125 Å². The second kappa shape index (κ2) is 6.46. The first-order valence-electron chi connectivity index (χ1n) is 7.74. The number of nitrogens with zero attached hydrogens (tertiary/aromatic N) is 1. The fourth-order valence-corrected chi connectivity index (χ4v) is 4.35. The van der Waals surface area contributed by atoms with Gasteiger partial charge in [0, 0.05) is 28.9 Å². The average molecular weight is 292 g/mol. The molecule has 0 saturated heterocycles. The summed E-state index contributed by atoms with van der Waals surface area (Å²) in [5.41, 5.74) is 0.0139. The molecule has 0 aliphatic heterocycles. The van der Waals surface area contributed by atoms with E-state index in [-0.39, 0.29) is 5.54 Å². The zero-order valence-electron chi connectivity index (χ0n) is 11.9. The van der Waals surface area contributed by atoms with E-state index >= 15 is 0 Å². The van der Waals surface area contributed by atoms with Gasteiger partial charge in [-0.05, 0) is 55.9 Å². The standard InChI is InChI=1S/C16H24N2OS/c19-12-16(18-14-3-4-14)8-1-2-13(16)7-11-20-15-5-9-17-10-6-15/h5-6,9-10,13-14,18-19H,1-4,7-8,11-12H2. The van der Waals surface area contributed by atoms with Gasteiger partial charge in [0.15, 0.2) is 0 Å². The van der Waals surface area contributed by atoms with Crippen molar-refractivity contribution in [2.24, 2.45) is 5.92 Å². The molecule has 4 heteroatoms. The molecule has 2 unspecified atom stereocenters. The van der Waals surface area contributed by atoms with Crippen LogP contribution in [0.2, 0.25) is 0 Å². The lowest BCUT2D eigenvalue weighted by molar-refractivity contribution is 0.120. The molecule has 3 nitrogen and oxygen atoms in total. The van der Waals surface area contributed by atoms with Crippen LogP contribution in [0.25, 0.3) is 0 Å². The highest BCUT2D eigenvalue weighted by atomic mass is 32.2. The lowest BCUT2D eigenvalue weighted by Crippen LogP contribution is -2.52. The fraction of sp³-hybridized carbons (Fsp3) is 0.688. The fourth-order valence-electron chi connectivity index (χ4n) is 3.40. The van der Waals surface area contributed by atoms with Gasteiger partial charge < -0.3 is 10.4 Å². The van der Waals surface area contributed by atoms with Crippen LogP contribution in [0.15, 0.2) is 29.4 Å². The molecule has 1 aromatic rings. The maximum Gasteiger partial charge on any atom is 0.0616 e. The summed E-state index contributed by atoms with van der Waals surface area (Å²) >= 11 is 1.90. The summed E-state index contributed by atoms with van der Waals surface area (Å²) in [6.45, 7) is 0.300. The van der Waals surface area contributed by atoms with Crippen LogP contribution in [0.3, 0.4) is 0 Å². The summed E-state index contributed by atoms with van der Waals surface area (Å²) in [6, 6.07) is 4.82. The van der Waals surface area contributed by atoms with Gasteiger partial charge in [-0.3, -0.25) is 4.98 Å². The van der Waals surface area contributed by atoms with E-state index < -0.39 is 0 Å². The summed E-state index contributed by atoms with van der Waals surface area (Å²) in [5, 5.41) is 13.6. The van der Waals surface area contributed by atoms with E-state index in [0.29, 0.717) is 18.6 Å². The Bertz CT molecular complexity index is 424. The lowest BCUT2D eigenvalue weighted by Gasteiger charge is -2.35. The average Bonchev–Trinajstić information content (AvgIpc) is 3.21. The maximum atomic E-state index is 9.90. The Morgan fingerprint density at radius 1 is 1.30 bits per heavy atom. The van der Waals surface area contributed by atoms with Crippen molar-refractivity contribution in [2.75, 3.05) is 12.4 Å². The zero-order valence-corrected chi connectivity index (χ0v) is 12.7. The summed E-state index contributed by atoms with van der Waals surface area (Å²) < 4.78 is 0. The second-order valence-corrected chi connectivity index (χ2v) is 7.31. The van der Waals surface area contributed by atoms with Crippen LogP contribution in [0, 0.1) is 5.92 Å². The summed E-state index contributed by atoms with van der Waals surface area (Å²) in [7, 11) is 0. The Hall–Kier alpha value is -0.580. The molecule has 1 aromatic heterocycles. The number of aliphatic hydroxyl groups is 1. The zero-order chi connectivity index (χ0) is 13.8. The van der Waals surface area contributed by atoms with Gasteiger partial charge in [-0.15, -0.1) is 11.8 Å². The van der Waals surface area contributed by atoms with Crippen LogP contribution < -0.4 is 5.32 Å². The van der Waals surface area contributed by atoms with Crippen LogP contribution in [0.4, 0.5) is 0 Å². The summed E-state index contributed by atoms with van der Waals surface area (Å²) in [6.07, 6.45) is 11.1. The van der Waals surface area contributed by atoms with Crippen molar-refractivity contribution in [3.8, 4) is 0 Å². The highest BCUT2D eigenvalue weighted by molar-refractivity contribution is 7.99. The number of thioether (sulfide) groups is 1. The van der Waals surface area contributed by atoms with Gasteiger partial charge >= 0.3 is 0 Å². The molecule has 3 rings (SSSR count). The molecule has 110 valence electrons. The molecular weight excluding hydrogens is 268 g/mol. The molecule has 0 radical (unpaired) electrons. The second-order valence-electron chi connectivity index (χ2n) is 6.14. The topological polar surface area (TPSA) is 45.1 Å². The molecule has 0 bridgehead atoms. The van der Waals surface area contributed by atoms with Crippen molar-refractivity contribution in [3.05, 3.63) is 24.5 Å². The number of hydrogen-bond acceptors (Lipinski definition) is 4. The van der Waals surface area contributed by atoms with Crippen molar-refractivity contribution < 1.29 is 5.11 Å². The number of hydrogen-bond donors (Lipinski definition) is 2. The van der Waals surface area contributed by atoms with E-state index in [4.69, 9.17) is 0 Å². The Kier molecular flexibility index (Phi) is 4.64. The van der Waals surface area contributed by atoms with E-state index in [1.165, 1.54) is 37.0 Å². The lowest BCUT2D eigenvalue weighted by atomic mass is 9.85. The van der Waals surface area contributed by atoms with E-state index in [2.05, 4.69) is 22.4 Å². The van der Waals surface area contributed by atoms with Gasteiger partial charge in [0.2, 0.25) is 0 Å². The van der Waals surface area contributed by atoms with Gasteiger partial charge in [-0.1, -0.05) is 6.42 Å². The third kappa shape index (κ3) is 3.35. The van der Waals surface area contributed by atoms with Crippen LogP contribution in [0.1, 0.15) is 38.5 Å². The molecule has 0 aromatic carbocycles. The van der Waals surface area contributed by atoms with Crippen LogP contribution >= 0.6 is 11.8 Å². The van der Waals surface area contributed by atoms with Crippen LogP contribution in [-0.4, -0.2) is 34.0 Å². The molecule has 0 amide bonds. The molecular formula is C16H24N2OS. The maximum absolute atomic E-state index is 9.90. The molecule has 0 spiro atoms. The normalized spacial score (nSPS) is 29.8. The van der Waals surface area contributed by atoms with Gasteiger partial charge in [0.25, 0.3) is 0 Å². The molecule has 2 saturated carbocycles. The van der Waals surface area contributed by atoms with E-state index in [0.717, 1.165) is 12.2 Å². The van der Waals surface area contributed by atoms with Gasteiger partial charge in [-0.25, -0.2) is 0 Å². The predicted octanol–water partition coefficient (Wildman–Crippen LogP) is 2.85. The minimum atomic E-state index is 0.0139. The van der Waals surface area contributed by atoms with Crippen molar-refractivity contribution in [2.45, 2.75) is 55.0 Å². The monoisotopic (exact) mass is 292 g/mol. The minimum Gasteiger partial charge on any atom is -0.394 e. The van der Waals surface area contributed by atoms with Gasteiger partial charge in [-0.2, -0.15) is 0 Å². The van der Waals surface area contributed by atoms with Crippen LogP contribution in [-0.2, 0) is 0 Å². The van der Waals surface area contributed by atoms with Crippen molar-refractivity contribution in [3.63, 3.8) is 0 Å². The number of aromatic nitrogens is 1. The highest BCUT2D eigenvalue weighted by Gasteiger charge is 2.44. The highest BCUT2D eigenvalue weighted by Crippen LogP contribution is 2.41. The van der Waals surface area contributed by atoms with Crippen LogP contribution in [0.5, 0.6) is 0 Å². The van der Waals surface area contributed by atoms with Gasteiger partial charge in [0.05, 0.1) is 6.61 Å².